The zero-order chi connectivity index (χ0) is 20.1. The number of nitrogens with one attached hydrogen (secondary N) is 2. The van der Waals surface area contributed by atoms with Crippen LogP contribution in [0, 0.1) is 6.92 Å². The van der Waals surface area contributed by atoms with Crippen molar-refractivity contribution in [3.05, 3.63) is 47.4 Å². The molecule has 0 radical (unpaired) electrons. The molecule has 0 saturated heterocycles. The summed E-state index contributed by atoms with van der Waals surface area (Å²) in [5.74, 6) is 0.412. The molecular weight excluding hydrogens is 369 g/mol. The van der Waals surface area contributed by atoms with Crippen LogP contribution in [0.4, 0.5) is 24.7 Å². The molecule has 1 aromatic carbocycles. The smallest absolute Gasteiger partial charge is 0.367 e. The molecule has 0 unspecified atom stereocenters. The van der Waals surface area contributed by atoms with E-state index < -0.39 is 17.6 Å². The maximum atomic E-state index is 12.8. The Morgan fingerprint density at radius 1 is 1.07 bits per heavy atom. The second kappa shape index (κ2) is 8.58. The molecule has 1 aliphatic carbocycles. The standard InChI is InChI=1S/C20H23F3N4O/c1-13-24-17(12-18(25-13)26-15-8-4-2-3-5-9-15)19(28)27-16-10-6-7-14(11-16)20(21,22)23/h6-7,10-12,15H,2-5,8-9H2,1H3,(H,27,28)(H,24,25,26). The minimum absolute atomic E-state index is 0.0642. The lowest BCUT2D eigenvalue weighted by molar-refractivity contribution is -0.137. The molecular formula is C20H23F3N4O. The van der Waals surface area contributed by atoms with Gasteiger partial charge in [-0.25, -0.2) is 9.97 Å². The van der Waals surface area contributed by atoms with E-state index in [-0.39, 0.29) is 11.4 Å². The van der Waals surface area contributed by atoms with Gasteiger partial charge in [-0.1, -0.05) is 31.7 Å². The van der Waals surface area contributed by atoms with Gasteiger partial charge in [-0.05, 0) is 38.0 Å². The molecule has 1 aromatic heterocycles. The molecule has 5 nitrogen and oxygen atoms in total. The van der Waals surface area contributed by atoms with Crippen molar-refractivity contribution < 1.29 is 18.0 Å². The number of carbonyl (C=O) groups is 1. The number of rotatable bonds is 4. The van der Waals surface area contributed by atoms with Crippen LogP contribution in [0.1, 0.15) is 60.4 Å². The number of alkyl halides is 3. The van der Waals surface area contributed by atoms with E-state index in [9.17, 15) is 18.0 Å². The highest BCUT2D eigenvalue weighted by Crippen LogP contribution is 2.30. The van der Waals surface area contributed by atoms with E-state index in [1.54, 1.807) is 13.0 Å². The molecule has 8 heteroatoms. The van der Waals surface area contributed by atoms with Gasteiger partial charge < -0.3 is 10.6 Å². The Bertz CT molecular complexity index is 830. The van der Waals surface area contributed by atoms with Crippen molar-refractivity contribution in [3.63, 3.8) is 0 Å². The lowest BCUT2D eigenvalue weighted by Crippen LogP contribution is -2.21. The van der Waals surface area contributed by atoms with Gasteiger partial charge in [0.15, 0.2) is 0 Å². The Labute approximate surface area is 161 Å². The number of aryl methyl sites for hydroxylation is 1. The first-order valence-corrected chi connectivity index (χ1v) is 9.42. The molecule has 3 rings (SSSR count). The molecule has 0 atom stereocenters. The second-order valence-electron chi connectivity index (χ2n) is 7.05. The number of aromatic nitrogens is 2. The summed E-state index contributed by atoms with van der Waals surface area (Å²) >= 11 is 0. The van der Waals surface area contributed by atoms with Crippen molar-refractivity contribution in [2.24, 2.45) is 0 Å². The second-order valence-corrected chi connectivity index (χ2v) is 7.05. The Hall–Kier alpha value is -2.64. The highest BCUT2D eigenvalue weighted by molar-refractivity contribution is 6.03. The molecule has 0 aliphatic heterocycles. The molecule has 2 aromatic rings. The molecule has 0 spiro atoms. The summed E-state index contributed by atoms with van der Waals surface area (Å²) < 4.78 is 38.5. The highest BCUT2D eigenvalue weighted by atomic mass is 19.4. The largest absolute Gasteiger partial charge is 0.416 e. The van der Waals surface area contributed by atoms with Gasteiger partial charge in [-0.15, -0.1) is 0 Å². The summed E-state index contributed by atoms with van der Waals surface area (Å²) in [6, 6.07) is 6.36. The van der Waals surface area contributed by atoms with Gasteiger partial charge in [0.1, 0.15) is 17.3 Å². The highest BCUT2D eigenvalue weighted by Gasteiger charge is 2.30. The third-order valence-corrected chi connectivity index (χ3v) is 4.73. The molecule has 0 bridgehead atoms. The van der Waals surface area contributed by atoms with Gasteiger partial charge in [0, 0.05) is 17.8 Å². The summed E-state index contributed by atoms with van der Waals surface area (Å²) in [6.45, 7) is 1.68. The lowest BCUT2D eigenvalue weighted by Gasteiger charge is -2.17. The van der Waals surface area contributed by atoms with Crippen LogP contribution < -0.4 is 10.6 Å². The number of halogens is 3. The van der Waals surface area contributed by atoms with Crippen LogP contribution in [0.25, 0.3) is 0 Å². The monoisotopic (exact) mass is 392 g/mol. The predicted octanol–water partition coefficient (Wildman–Crippen LogP) is 5.19. The van der Waals surface area contributed by atoms with Crippen molar-refractivity contribution in [1.29, 1.82) is 0 Å². The average Bonchev–Trinajstić information content (AvgIpc) is 2.89. The summed E-state index contributed by atoms with van der Waals surface area (Å²) in [6.07, 6.45) is 2.40. The fraction of sp³-hybridized carbons (Fsp3) is 0.450. The first-order chi connectivity index (χ1) is 13.3. The Morgan fingerprint density at radius 3 is 2.46 bits per heavy atom. The Balaban J connectivity index is 1.74. The average molecular weight is 392 g/mol. The van der Waals surface area contributed by atoms with Crippen LogP contribution in [0.5, 0.6) is 0 Å². The Kier molecular flexibility index (Phi) is 6.16. The van der Waals surface area contributed by atoms with E-state index in [2.05, 4.69) is 20.6 Å². The predicted molar refractivity (Wildman–Crippen MR) is 101 cm³/mol. The normalized spacial score (nSPS) is 15.7. The van der Waals surface area contributed by atoms with Crippen molar-refractivity contribution in [2.75, 3.05) is 10.6 Å². The molecule has 2 N–H and O–H groups in total. The number of hydrogen-bond donors (Lipinski definition) is 2. The molecule has 1 aliphatic rings. The number of amides is 1. The first-order valence-electron chi connectivity index (χ1n) is 9.42. The number of benzene rings is 1. The number of anilines is 2. The van der Waals surface area contributed by atoms with E-state index in [1.165, 1.54) is 25.0 Å². The number of nitrogens with zero attached hydrogens (tertiary/aromatic N) is 2. The van der Waals surface area contributed by atoms with Crippen molar-refractivity contribution in [1.82, 2.24) is 9.97 Å². The van der Waals surface area contributed by atoms with Crippen LogP contribution in [-0.2, 0) is 6.18 Å². The quantitative estimate of drug-likeness (QED) is 0.703. The van der Waals surface area contributed by atoms with Gasteiger partial charge in [0.05, 0.1) is 5.56 Å². The van der Waals surface area contributed by atoms with Crippen LogP contribution in [-0.4, -0.2) is 21.9 Å². The topological polar surface area (TPSA) is 66.9 Å². The third kappa shape index (κ3) is 5.43. The van der Waals surface area contributed by atoms with Gasteiger partial charge in [-0.3, -0.25) is 4.79 Å². The SMILES string of the molecule is Cc1nc(NC2CCCCCC2)cc(C(=O)Nc2cccc(C(F)(F)F)c2)n1. The van der Waals surface area contributed by atoms with Crippen molar-refractivity contribution in [3.8, 4) is 0 Å². The molecule has 150 valence electrons. The molecule has 1 saturated carbocycles. The van der Waals surface area contributed by atoms with E-state index >= 15 is 0 Å². The van der Waals surface area contributed by atoms with E-state index in [0.717, 1.165) is 37.8 Å². The molecule has 1 heterocycles. The molecule has 1 amide bonds. The van der Waals surface area contributed by atoms with Gasteiger partial charge >= 0.3 is 6.18 Å². The first kappa shape index (κ1) is 20.1. The van der Waals surface area contributed by atoms with E-state index in [1.807, 2.05) is 0 Å². The zero-order valence-electron chi connectivity index (χ0n) is 15.6. The van der Waals surface area contributed by atoms with Gasteiger partial charge in [0.25, 0.3) is 5.91 Å². The molecule has 28 heavy (non-hydrogen) atoms. The third-order valence-electron chi connectivity index (χ3n) is 4.73. The summed E-state index contributed by atoms with van der Waals surface area (Å²) in [4.78, 5) is 21.0. The van der Waals surface area contributed by atoms with Gasteiger partial charge in [0.2, 0.25) is 0 Å². The number of hydrogen-bond acceptors (Lipinski definition) is 4. The summed E-state index contributed by atoms with van der Waals surface area (Å²) in [7, 11) is 0. The van der Waals surface area contributed by atoms with Crippen LogP contribution in [0.2, 0.25) is 0 Å². The van der Waals surface area contributed by atoms with Crippen LogP contribution in [0.3, 0.4) is 0 Å². The van der Waals surface area contributed by atoms with Crippen LogP contribution in [0.15, 0.2) is 30.3 Å². The van der Waals surface area contributed by atoms with Crippen LogP contribution >= 0.6 is 0 Å². The van der Waals surface area contributed by atoms with Crippen molar-refractivity contribution in [2.45, 2.75) is 57.7 Å². The van der Waals surface area contributed by atoms with Gasteiger partial charge in [-0.2, -0.15) is 13.2 Å². The lowest BCUT2D eigenvalue weighted by atomic mass is 10.1. The summed E-state index contributed by atoms with van der Waals surface area (Å²) in [5.41, 5.74) is -0.643. The summed E-state index contributed by atoms with van der Waals surface area (Å²) in [5, 5.41) is 5.85. The molecule has 1 fully saturated rings. The van der Waals surface area contributed by atoms with E-state index in [4.69, 9.17) is 0 Å². The Morgan fingerprint density at radius 2 is 1.79 bits per heavy atom. The van der Waals surface area contributed by atoms with Crippen molar-refractivity contribution >= 4 is 17.4 Å². The zero-order valence-corrected chi connectivity index (χ0v) is 15.6. The number of carbonyl (C=O) groups excluding carboxylic acids is 1. The maximum Gasteiger partial charge on any atom is 0.416 e. The van der Waals surface area contributed by atoms with E-state index in [0.29, 0.717) is 17.7 Å². The fourth-order valence-electron chi connectivity index (χ4n) is 3.36. The fourth-order valence-corrected chi connectivity index (χ4v) is 3.36. The maximum absolute atomic E-state index is 12.8. The minimum atomic E-state index is -4.47. The minimum Gasteiger partial charge on any atom is -0.367 e.